The lowest BCUT2D eigenvalue weighted by Gasteiger charge is -2.14. The number of carboxylic acids is 1. The molecule has 0 aliphatic rings. The third kappa shape index (κ3) is 4.90. The Morgan fingerprint density at radius 1 is 1.03 bits per heavy atom. The van der Waals surface area contributed by atoms with Crippen LogP contribution in [0.2, 0.25) is 0 Å². The van der Waals surface area contributed by atoms with E-state index in [1.54, 1.807) is 6.08 Å². The molecule has 9 nitrogen and oxygen atoms in total. The monoisotopic (exact) mass is 507 g/mol. The van der Waals surface area contributed by atoms with Crippen LogP contribution in [0.15, 0.2) is 66.7 Å². The van der Waals surface area contributed by atoms with Gasteiger partial charge in [0.05, 0.1) is 5.69 Å². The fourth-order valence-electron chi connectivity index (χ4n) is 4.78. The van der Waals surface area contributed by atoms with Crippen molar-refractivity contribution in [3.05, 3.63) is 95.2 Å². The number of aromatic amines is 1. The molecule has 0 atom stereocenters. The summed E-state index contributed by atoms with van der Waals surface area (Å²) in [5.74, 6) is 1.13. The van der Waals surface area contributed by atoms with Gasteiger partial charge in [0.15, 0.2) is 5.82 Å². The fraction of sp³-hybridized carbons (Fsp3) is 0.207. The van der Waals surface area contributed by atoms with Gasteiger partial charge in [0.2, 0.25) is 5.82 Å². The van der Waals surface area contributed by atoms with Crippen molar-refractivity contribution in [2.75, 3.05) is 0 Å². The third-order valence-electron chi connectivity index (χ3n) is 6.50. The van der Waals surface area contributed by atoms with Gasteiger partial charge >= 0.3 is 5.97 Å². The van der Waals surface area contributed by atoms with Crippen LogP contribution in [-0.4, -0.2) is 45.8 Å². The largest absolute Gasteiger partial charge is 0.478 e. The molecule has 2 aromatic carbocycles. The quantitative estimate of drug-likeness (QED) is 0.264. The molecule has 0 aliphatic carbocycles. The van der Waals surface area contributed by atoms with Crippen LogP contribution in [0.5, 0.6) is 0 Å². The van der Waals surface area contributed by atoms with Gasteiger partial charge in [-0.2, -0.15) is 5.21 Å². The van der Waals surface area contributed by atoms with E-state index in [-0.39, 0.29) is 0 Å². The number of aliphatic carboxylic acids is 1. The average Bonchev–Trinajstić information content (AvgIpc) is 3.64. The molecule has 0 saturated heterocycles. The first-order chi connectivity index (χ1) is 18.5. The third-order valence-corrected chi connectivity index (χ3v) is 6.50. The number of hydrogen-bond donors (Lipinski definition) is 2. The van der Waals surface area contributed by atoms with Crippen molar-refractivity contribution >= 4 is 12.0 Å². The molecule has 3 aromatic heterocycles. The Morgan fingerprint density at radius 3 is 2.45 bits per heavy atom. The van der Waals surface area contributed by atoms with Crippen LogP contribution < -0.4 is 0 Å². The van der Waals surface area contributed by atoms with Gasteiger partial charge in [-0.25, -0.2) is 9.78 Å². The molecule has 192 valence electrons. The molecule has 2 N–H and O–H groups in total. The number of H-pyrrole nitrogens is 1. The first-order valence-corrected chi connectivity index (χ1v) is 12.5. The van der Waals surface area contributed by atoms with E-state index in [9.17, 15) is 9.90 Å². The van der Waals surface area contributed by atoms with Crippen LogP contribution in [-0.2, 0) is 17.8 Å². The highest BCUT2D eigenvalue weighted by atomic mass is 16.4. The van der Waals surface area contributed by atoms with Gasteiger partial charge < -0.3 is 14.2 Å². The lowest BCUT2D eigenvalue weighted by atomic mass is 9.97. The van der Waals surface area contributed by atoms with Crippen LogP contribution >= 0.6 is 0 Å². The molecular formula is C29H29N7O2. The Hall–Kier alpha value is -4.79. The van der Waals surface area contributed by atoms with Crippen LogP contribution in [0.25, 0.3) is 34.4 Å². The summed E-state index contributed by atoms with van der Waals surface area (Å²) in [5, 5.41) is 24.2. The van der Waals surface area contributed by atoms with E-state index in [1.807, 2.05) is 44.2 Å². The first-order valence-electron chi connectivity index (χ1n) is 12.5. The van der Waals surface area contributed by atoms with Crippen molar-refractivity contribution in [3.8, 4) is 28.3 Å². The number of nitrogens with zero attached hydrogens (tertiary/aromatic N) is 6. The number of carbonyl (C=O) groups is 1. The predicted octanol–water partition coefficient (Wildman–Crippen LogP) is 5.24. The van der Waals surface area contributed by atoms with E-state index in [0.717, 1.165) is 63.8 Å². The van der Waals surface area contributed by atoms with Gasteiger partial charge in [0, 0.05) is 36.0 Å². The highest BCUT2D eigenvalue weighted by Gasteiger charge is 2.20. The number of hydrogen-bond acceptors (Lipinski definition) is 5. The summed E-state index contributed by atoms with van der Waals surface area (Å²) < 4.78 is 4.18. The van der Waals surface area contributed by atoms with Crippen LogP contribution in [0.3, 0.4) is 0 Å². The highest BCUT2D eigenvalue weighted by Crippen LogP contribution is 2.32. The van der Waals surface area contributed by atoms with E-state index in [4.69, 9.17) is 4.98 Å². The van der Waals surface area contributed by atoms with Crippen LogP contribution in [0.1, 0.15) is 41.8 Å². The number of aryl methyl sites for hydroxylation is 3. The topological polar surface area (TPSA) is 115 Å². The van der Waals surface area contributed by atoms with Gasteiger partial charge in [-0.3, -0.25) is 0 Å². The normalized spacial score (nSPS) is 11.4. The number of carboxylic acid groups (broad SMARTS) is 1. The SMILES string of the molecule is CCCc1nc(-n2c(C)ccc2C)c(/C=C/C(=O)O)n1Cc1ccc(-c2ccccc2)c(-c2nn[nH]n2)c1. The molecule has 0 unspecified atom stereocenters. The van der Waals surface area contributed by atoms with E-state index >= 15 is 0 Å². The molecule has 0 fully saturated rings. The van der Waals surface area contributed by atoms with Gasteiger partial charge in [-0.1, -0.05) is 49.4 Å². The zero-order valence-corrected chi connectivity index (χ0v) is 21.6. The summed E-state index contributed by atoms with van der Waals surface area (Å²) in [7, 11) is 0. The number of tetrazole rings is 1. The molecule has 5 rings (SSSR count). The van der Waals surface area contributed by atoms with Crippen LogP contribution in [0.4, 0.5) is 0 Å². The molecule has 5 aromatic rings. The first kappa shape index (κ1) is 24.9. The zero-order chi connectivity index (χ0) is 26.6. The van der Waals surface area contributed by atoms with Gasteiger partial charge in [0.1, 0.15) is 5.82 Å². The maximum atomic E-state index is 11.5. The minimum Gasteiger partial charge on any atom is -0.478 e. The Kier molecular flexibility index (Phi) is 6.99. The Morgan fingerprint density at radius 2 is 1.79 bits per heavy atom. The van der Waals surface area contributed by atoms with E-state index < -0.39 is 5.97 Å². The number of benzene rings is 2. The standard InChI is InChI=1S/C29H29N7O2/c1-4-8-26-30-29(36-19(2)11-12-20(36)3)25(15-16-27(37)38)35(26)18-21-13-14-23(22-9-6-5-7-10-22)24(17-21)28-31-33-34-32-28/h5-7,9-17H,4,8,18H2,1-3H3,(H,37,38)(H,31,32,33,34)/b16-15+. The maximum absolute atomic E-state index is 11.5. The van der Waals surface area contributed by atoms with Crippen molar-refractivity contribution in [2.24, 2.45) is 0 Å². The molecule has 0 amide bonds. The molecule has 0 saturated carbocycles. The Labute approximate surface area is 220 Å². The minimum atomic E-state index is -1.01. The molecule has 0 radical (unpaired) electrons. The lowest BCUT2D eigenvalue weighted by Crippen LogP contribution is -2.08. The van der Waals surface area contributed by atoms with Crippen molar-refractivity contribution < 1.29 is 9.90 Å². The van der Waals surface area contributed by atoms with Gasteiger partial charge in [-0.15, -0.1) is 10.2 Å². The molecule has 0 spiro atoms. The second-order valence-corrected chi connectivity index (χ2v) is 9.18. The Bertz CT molecular complexity index is 1580. The maximum Gasteiger partial charge on any atom is 0.328 e. The van der Waals surface area contributed by atoms with Crippen molar-refractivity contribution in [2.45, 2.75) is 40.2 Å². The molecule has 3 heterocycles. The molecule has 38 heavy (non-hydrogen) atoms. The summed E-state index contributed by atoms with van der Waals surface area (Å²) in [4.78, 5) is 16.5. The number of nitrogens with one attached hydrogen (secondary N) is 1. The zero-order valence-electron chi connectivity index (χ0n) is 21.6. The van der Waals surface area contributed by atoms with E-state index in [1.165, 1.54) is 6.08 Å². The summed E-state index contributed by atoms with van der Waals surface area (Å²) in [6.45, 7) is 6.66. The molecular weight excluding hydrogens is 478 g/mol. The van der Waals surface area contributed by atoms with Crippen molar-refractivity contribution in [3.63, 3.8) is 0 Å². The fourth-order valence-corrected chi connectivity index (χ4v) is 4.78. The second-order valence-electron chi connectivity index (χ2n) is 9.18. The highest BCUT2D eigenvalue weighted by molar-refractivity contribution is 5.85. The summed E-state index contributed by atoms with van der Waals surface area (Å²) >= 11 is 0. The number of imidazole rings is 1. The predicted molar refractivity (Wildman–Crippen MR) is 146 cm³/mol. The summed E-state index contributed by atoms with van der Waals surface area (Å²) in [5.41, 5.74) is 6.74. The van der Waals surface area contributed by atoms with Crippen molar-refractivity contribution in [1.82, 2.24) is 34.7 Å². The van der Waals surface area contributed by atoms with E-state index in [0.29, 0.717) is 12.4 Å². The molecule has 0 bridgehead atoms. The number of aromatic nitrogens is 7. The van der Waals surface area contributed by atoms with Crippen molar-refractivity contribution in [1.29, 1.82) is 0 Å². The lowest BCUT2D eigenvalue weighted by molar-refractivity contribution is -0.131. The van der Waals surface area contributed by atoms with Gasteiger partial charge in [0.25, 0.3) is 0 Å². The minimum absolute atomic E-state index is 0.501. The molecule has 0 aliphatic heterocycles. The van der Waals surface area contributed by atoms with E-state index in [2.05, 4.69) is 67.0 Å². The van der Waals surface area contributed by atoms with Gasteiger partial charge in [-0.05, 0) is 66.4 Å². The van der Waals surface area contributed by atoms with Crippen LogP contribution in [0, 0.1) is 13.8 Å². The average molecular weight is 508 g/mol. The summed E-state index contributed by atoms with van der Waals surface area (Å²) in [6, 6.07) is 20.4. The molecule has 9 heteroatoms. The number of rotatable bonds is 9. The summed E-state index contributed by atoms with van der Waals surface area (Å²) in [6.07, 6.45) is 4.47. The second kappa shape index (κ2) is 10.7. The smallest absolute Gasteiger partial charge is 0.328 e. The Balaban J connectivity index is 1.66.